The molecule has 1 aliphatic carbocycles. The Morgan fingerprint density at radius 1 is 1.25 bits per heavy atom. The minimum Gasteiger partial charge on any atom is -0.348 e. The van der Waals surface area contributed by atoms with Gasteiger partial charge in [0.15, 0.2) is 17.4 Å². The predicted octanol–water partition coefficient (Wildman–Crippen LogP) is 1.60. The average molecular weight is 389 g/mol. The van der Waals surface area contributed by atoms with E-state index in [1.54, 1.807) is 12.3 Å². The molecule has 1 spiro atoms. The Bertz CT molecular complexity index is 838. The van der Waals surface area contributed by atoms with Gasteiger partial charge in [0.1, 0.15) is 0 Å². The third kappa shape index (κ3) is 3.65. The largest absolute Gasteiger partial charge is 0.348 e. The van der Waals surface area contributed by atoms with Crippen molar-refractivity contribution in [1.29, 1.82) is 0 Å². The Hall–Kier alpha value is -2.36. The van der Waals surface area contributed by atoms with Gasteiger partial charge in [0, 0.05) is 19.0 Å². The van der Waals surface area contributed by atoms with Gasteiger partial charge in [-0.15, -0.1) is 0 Å². The van der Waals surface area contributed by atoms with E-state index < -0.39 is 17.1 Å². The molecule has 2 aliphatic rings. The van der Waals surface area contributed by atoms with Crippen molar-refractivity contribution in [2.45, 2.75) is 50.0 Å². The number of ether oxygens (including phenoxy) is 2. The fraction of sp³-hybridized carbons (Fsp3) is 0.526. The summed E-state index contributed by atoms with van der Waals surface area (Å²) in [4.78, 5) is 17.1. The van der Waals surface area contributed by atoms with Gasteiger partial charge in [-0.2, -0.15) is 5.10 Å². The zero-order valence-corrected chi connectivity index (χ0v) is 15.7. The van der Waals surface area contributed by atoms with Crippen molar-refractivity contribution < 1.29 is 18.7 Å². The van der Waals surface area contributed by atoms with E-state index in [0.29, 0.717) is 44.7 Å². The third-order valence-electron chi connectivity index (χ3n) is 5.57. The lowest BCUT2D eigenvalue weighted by atomic mass is 9.78. The number of carbonyl (C=O) groups excluding carboxylic acids is 1. The van der Waals surface area contributed by atoms with Crippen LogP contribution < -0.4 is 11.1 Å². The van der Waals surface area contributed by atoms with Gasteiger partial charge in [0.05, 0.1) is 37.2 Å². The van der Waals surface area contributed by atoms with Crippen LogP contribution in [0.3, 0.4) is 0 Å². The maximum Gasteiger partial charge on any atom is 0.240 e. The van der Waals surface area contributed by atoms with Crippen molar-refractivity contribution in [3.05, 3.63) is 42.1 Å². The van der Waals surface area contributed by atoms with Crippen LogP contribution in [0.25, 0.3) is 5.82 Å². The molecule has 4 rings (SSSR count). The lowest BCUT2D eigenvalue weighted by molar-refractivity contribution is -0.185. The van der Waals surface area contributed by atoms with Crippen molar-refractivity contribution in [1.82, 2.24) is 20.1 Å². The number of amides is 1. The van der Waals surface area contributed by atoms with Crippen molar-refractivity contribution in [2.75, 3.05) is 13.2 Å². The van der Waals surface area contributed by atoms with E-state index in [1.165, 1.54) is 10.9 Å². The molecule has 2 fully saturated rings. The van der Waals surface area contributed by atoms with E-state index in [9.17, 15) is 9.18 Å². The number of carbonyl (C=O) groups is 1. The molecule has 150 valence electrons. The highest BCUT2D eigenvalue weighted by Gasteiger charge is 2.48. The molecular formula is C19H24FN5O3. The molecule has 3 N–H and O–H groups in total. The molecule has 1 aliphatic heterocycles. The first-order valence-corrected chi connectivity index (χ1v) is 9.43. The minimum absolute atomic E-state index is 0.189. The average Bonchev–Trinajstić information content (AvgIpc) is 3.34. The number of rotatable bonds is 4. The quantitative estimate of drug-likeness (QED) is 0.823. The monoisotopic (exact) mass is 389 g/mol. The highest BCUT2D eigenvalue weighted by Crippen LogP contribution is 2.39. The molecule has 1 saturated carbocycles. The molecule has 1 saturated heterocycles. The number of nitrogens with zero attached hydrogens (tertiary/aromatic N) is 3. The van der Waals surface area contributed by atoms with Gasteiger partial charge in [-0.3, -0.25) is 4.79 Å². The Morgan fingerprint density at radius 3 is 2.54 bits per heavy atom. The summed E-state index contributed by atoms with van der Waals surface area (Å²) < 4.78 is 25.8. The Kier molecular flexibility index (Phi) is 4.90. The van der Waals surface area contributed by atoms with Crippen molar-refractivity contribution in [3.63, 3.8) is 0 Å². The topological polar surface area (TPSA) is 104 Å². The summed E-state index contributed by atoms with van der Waals surface area (Å²) in [7, 11) is 0. The maximum atomic E-state index is 13.1. The standard InChI is InChI=1S/C19H24FN5O3/c1-13(14-2-3-16(22-10-14)25-12-15(20)11-23-25)24-17(26)18(21)4-6-19(7-5-18)27-8-9-28-19/h2-3,10-13H,4-9,21H2,1H3,(H,24,26)/t13-/m0/s1. The van der Waals surface area contributed by atoms with Crippen LogP contribution in [-0.2, 0) is 14.3 Å². The number of nitrogens with two attached hydrogens (primary N) is 1. The van der Waals surface area contributed by atoms with Gasteiger partial charge in [-0.05, 0) is 31.4 Å². The highest BCUT2D eigenvalue weighted by atomic mass is 19.1. The van der Waals surface area contributed by atoms with Crippen LogP contribution in [-0.4, -0.2) is 45.2 Å². The third-order valence-corrected chi connectivity index (χ3v) is 5.57. The predicted molar refractivity (Wildman–Crippen MR) is 97.9 cm³/mol. The molecule has 1 atom stereocenters. The second-order valence-corrected chi connectivity index (χ2v) is 7.51. The number of hydrogen-bond donors (Lipinski definition) is 2. The Morgan fingerprint density at radius 2 is 1.96 bits per heavy atom. The van der Waals surface area contributed by atoms with E-state index in [-0.39, 0.29) is 11.9 Å². The summed E-state index contributed by atoms with van der Waals surface area (Å²) in [6.45, 7) is 3.06. The number of nitrogens with one attached hydrogen (secondary N) is 1. The lowest BCUT2D eigenvalue weighted by Gasteiger charge is -2.40. The number of pyridine rings is 1. The van der Waals surface area contributed by atoms with Gasteiger partial charge >= 0.3 is 0 Å². The van der Waals surface area contributed by atoms with Crippen LogP contribution in [0.15, 0.2) is 30.7 Å². The molecule has 2 aromatic rings. The van der Waals surface area contributed by atoms with E-state index in [1.807, 2.05) is 13.0 Å². The van der Waals surface area contributed by atoms with Crippen LogP contribution in [0, 0.1) is 5.82 Å². The van der Waals surface area contributed by atoms with E-state index in [2.05, 4.69) is 15.4 Å². The van der Waals surface area contributed by atoms with Crippen molar-refractivity contribution >= 4 is 5.91 Å². The summed E-state index contributed by atoms with van der Waals surface area (Å²) in [6, 6.07) is 3.28. The van der Waals surface area contributed by atoms with Gasteiger partial charge in [-0.25, -0.2) is 14.1 Å². The molecule has 3 heterocycles. The zero-order valence-electron chi connectivity index (χ0n) is 15.7. The molecular weight excluding hydrogens is 365 g/mol. The first-order valence-electron chi connectivity index (χ1n) is 9.43. The highest BCUT2D eigenvalue weighted by molar-refractivity contribution is 5.86. The summed E-state index contributed by atoms with van der Waals surface area (Å²) in [5.41, 5.74) is 6.28. The second-order valence-electron chi connectivity index (χ2n) is 7.51. The summed E-state index contributed by atoms with van der Waals surface area (Å²) in [5.74, 6) is -0.676. The van der Waals surface area contributed by atoms with Gasteiger partial charge in [0.25, 0.3) is 0 Å². The number of aromatic nitrogens is 3. The Labute approximate surface area is 162 Å². The lowest BCUT2D eigenvalue weighted by Crippen LogP contribution is -2.58. The first-order chi connectivity index (χ1) is 13.4. The van der Waals surface area contributed by atoms with Crippen LogP contribution >= 0.6 is 0 Å². The summed E-state index contributed by atoms with van der Waals surface area (Å²) >= 11 is 0. The van der Waals surface area contributed by atoms with Crippen molar-refractivity contribution in [2.24, 2.45) is 5.73 Å². The molecule has 9 heteroatoms. The van der Waals surface area contributed by atoms with Gasteiger partial charge < -0.3 is 20.5 Å². The molecule has 0 radical (unpaired) electrons. The molecule has 0 bridgehead atoms. The molecule has 0 unspecified atom stereocenters. The second kappa shape index (κ2) is 7.23. The van der Waals surface area contributed by atoms with Gasteiger partial charge in [0.2, 0.25) is 5.91 Å². The Balaban J connectivity index is 1.37. The van der Waals surface area contributed by atoms with Gasteiger partial charge in [-0.1, -0.05) is 6.07 Å². The van der Waals surface area contributed by atoms with Crippen LogP contribution in [0.5, 0.6) is 0 Å². The molecule has 28 heavy (non-hydrogen) atoms. The molecule has 2 aromatic heterocycles. The summed E-state index contributed by atoms with van der Waals surface area (Å²) in [5, 5.41) is 6.86. The maximum absolute atomic E-state index is 13.1. The van der Waals surface area contributed by atoms with Crippen LogP contribution in [0.4, 0.5) is 4.39 Å². The SMILES string of the molecule is C[C@H](NC(=O)C1(N)CCC2(CC1)OCCO2)c1ccc(-n2cc(F)cn2)nc1. The first kappa shape index (κ1) is 19.0. The normalized spacial score (nSPS) is 21.5. The molecule has 8 nitrogen and oxygen atoms in total. The molecule has 0 aromatic carbocycles. The van der Waals surface area contributed by atoms with E-state index in [0.717, 1.165) is 11.8 Å². The smallest absolute Gasteiger partial charge is 0.240 e. The zero-order chi connectivity index (χ0) is 19.8. The minimum atomic E-state index is -0.936. The molecule has 1 amide bonds. The van der Waals surface area contributed by atoms with E-state index >= 15 is 0 Å². The van der Waals surface area contributed by atoms with Crippen LogP contribution in [0.2, 0.25) is 0 Å². The number of hydrogen-bond acceptors (Lipinski definition) is 6. The van der Waals surface area contributed by atoms with Crippen LogP contribution in [0.1, 0.15) is 44.2 Å². The number of halogens is 1. The van der Waals surface area contributed by atoms with Crippen molar-refractivity contribution in [3.8, 4) is 5.82 Å². The fourth-order valence-electron chi connectivity index (χ4n) is 3.73. The fourth-order valence-corrected chi connectivity index (χ4v) is 3.73. The summed E-state index contributed by atoms with van der Waals surface area (Å²) in [6.07, 6.45) is 6.25. The van der Waals surface area contributed by atoms with E-state index in [4.69, 9.17) is 15.2 Å².